The second-order valence-corrected chi connectivity index (χ2v) is 0.847. The fourth-order valence-electron chi connectivity index (χ4n) is 0.0402. The number of rotatable bonds is 3. The van der Waals surface area contributed by atoms with E-state index < -0.39 is 0 Å². The van der Waals surface area contributed by atoms with Crippen molar-refractivity contribution in [2.45, 2.75) is 0 Å². The van der Waals surface area contributed by atoms with Gasteiger partial charge in [0.2, 0.25) is 0 Å². The molecule has 0 bridgehead atoms. The molecule has 46 valence electrons. The molecule has 0 saturated carbocycles. The summed E-state index contributed by atoms with van der Waals surface area (Å²) in [6, 6.07) is 0. The van der Waals surface area contributed by atoms with Crippen LogP contribution in [-0.4, -0.2) is 11.5 Å². The zero-order valence-corrected chi connectivity index (χ0v) is 5.12. The Morgan fingerprint density at radius 2 is 2.14 bits per heavy atom. The maximum absolute atomic E-state index is 7.34. The standard InChI is InChI=1S/CH4O4S.S/c1-6-5-4-3-2;/h2H,1H3;/q;-2. The Balaban J connectivity index is 0. The van der Waals surface area contributed by atoms with Crippen LogP contribution in [0.3, 0.4) is 0 Å². The number of hydrogen-bond acceptors (Lipinski definition) is 5. The lowest BCUT2D eigenvalue weighted by Gasteiger charge is -2.00. The predicted molar refractivity (Wildman–Crippen MR) is 26.8 cm³/mol. The molecule has 0 aromatic carbocycles. The van der Waals surface area contributed by atoms with Crippen LogP contribution in [0.25, 0.3) is 0 Å². The lowest BCUT2D eigenvalue weighted by Crippen LogP contribution is -1.81. The first-order valence-electron chi connectivity index (χ1n) is 1.09. The molecule has 0 heterocycles. The minimum absolute atomic E-state index is 0. The van der Waals surface area contributed by atoms with E-state index in [-0.39, 0.29) is 13.5 Å². The monoisotopic (exact) mass is 144 g/mol. The Labute approximate surface area is 52.2 Å². The largest absolute Gasteiger partial charge is 2.00 e. The van der Waals surface area contributed by atoms with Crippen LogP contribution in [0.15, 0.2) is 0 Å². The third-order valence-electron chi connectivity index (χ3n) is 0.126. The molecule has 0 fully saturated rings. The summed E-state index contributed by atoms with van der Waals surface area (Å²) in [7, 11) is 0. The van der Waals surface area contributed by atoms with Crippen molar-refractivity contribution < 1.29 is 19.7 Å². The van der Waals surface area contributed by atoms with Crippen LogP contribution in [0, 0.1) is 0 Å². The maximum Gasteiger partial charge on any atom is 0.0312 e. The van der Waals surface area contributed by atoms with Gasteiger partial charge in [0.05, 0.1) is 0 Å². The molecule has 6 heteroatoms. The Morgan fingerprint density at radius 1 is 1.57 bits per heavy atom. The molecule has 4 nitrogen and oxygen atoms in total. The van der Waals surface area contributed by atoms with Crippen molar-refractivity contribution in [3.05, 3.63) is 0 Å². The Kier molecular flexibility index (Phi) is 14.6. The highest BCUT2D eigenvalue weighted by molar-refractivity contribution is 7.93. The first-order valence-corrected chi connectivity index (χ1v) is 2.24. The molecular formula is CH4O4S2-2. The van der Waals surface area contributed by atoms with Gasteiger partial charge in [-0.05, 0) is 10.1 Å². The lowest BCUT2D eigenvalue weighted by atomic mass is 12.0. The van der Waals surface area contributed by atoms with Gasteiger partial charge in [-0.2, -0.15) is 0 Å². The van der Waals surface area contributed by atoms with E-state index >= 15 is 0 Å². The molecule has 1 N–H and O–H groups in total. The zero-order chi connectivity index (χ0) is 4.83. The fraction of sp³-hybridized carbons (Fsp3) is 1.00. The van der Waals surface area contributed by atoms with Crippen molar-refractivity contribution in [1.82, 2.24) is 0 Å². The molecule has 7 heavy (non-hydrogen) atoms. The summed E-state index contributed by atoms with van der Waals surface area (Å²) < 4.78 is 3.93. The zero-order valence-electron chi connectivity index (χ0n) is 3.49. The van der Waals surface area contributed by atoms with E-state index in [2.05, 4.69) is 14.4 Å². The van der Waals surface area contributed by atoms with E-state index in [1.807, 2.05) is 0 Å². The van der Waals surface area contributed by atoms with Crippen LogP contribution in [-0.2, 0) is 27.9 Å². The van der Waals surface area contributed by atoms with E-state index in [0.717, 1.165) is 12.0 Å². The van der Waals surface area contributed by atoms with Crippen LogP contribution in [0.5, 0.6) is 0 Å². The van der Waals surface area contributed by atoms with E-state index in [0.29, 0.717) is 0 Å². The summed E-state index contributed by atoms with van der Waals surface area (Å²) in [4.78, 5) is 0. The third kappa shape index (κ3) is 10.8. The summed E-state index contributed by atoms with van der Waals surface area (Å²) in [5.41, 5.74) is 0. The van der Waals surface area contributed by atoms with Crippen molar-refractivity contribution in [2.75, 3.05) is 6.26 Å². The first kappa shape index (κ1) is 10.5. The summed E-state index contributed by atoms with van der Waals surface area (Å²) in [6.45, 7) is 0. The second kappa shape index (κ2) is 9.74. The maximum atomic E-state index is 7.34. The fourth-order valence-corrected chi connectivity index (χ4v) is 0.121. The average Bonchev–Trinajstić information content (AvgIpc) is 1.61. The van der Waals surface area contributed by atoms with Crippen molar-refractivity contribution in [2.24, 2.45) is 0 Å². The Hall–Kier alpha value is 0.540. The molecule has 0 aliphatic rings. The third-order valence-corrected chi connectivity index (χ3v) is 0.318. The van der Waals surface area contributed by atoms with Crippen molar-refractivity contribution in [1.29, 1.82) is 0 Å². The smallest absolute Gasteiger partial charge is 0.0312 e. The quantitative estimate of drug-likeness (QED) is 0.272. The van der Waals surface area contributed by atoms with Crippen molar-refractivity contribution in [3.8, 4) is 0 Å². The van der Waals surface area contributed by atoms with Gasteiger partial charge in [0.25, 0.3) is 0 Å². The minimum atomic E-state index is 0. The second-order valence-electron chi connectivity index (χ2n) is 0.377. The summed E-state index contributed by atoms with van der Waals surface area (Å²) in [5.74, 6) is 0. The van der Waals surface area contributed by atoms with Gasteiger partial charge in [-0.3, -0.25) is 0 Å². The Morgan fingerprint density at radius 3 is 2.29 bits per heavy atom. The van der Waals surface area contributed by atoms with E-state index in [1.54, 1.807) is 6.26 Å². The summed E-state index contributed by atoms with van der Waals surface area (Å²) in [6.07, 6.45) is 1.61. The van der Waals surface area contributed by atoms with Gasteiger partial charge >= 0.3 is 0 Å². The minimum Gasteiger partial charge on any atom is -2.00 e. The van der Waals surface area contributed by atoms with E-state index in [4.69, 9.17) is 5.26 Å². The van der Waals surface area contributed by atoms with Crippen LogP contribution < -0.4 is 0 Å². The molecular weight excluding hydrogens is 140 g/mol. The van der Waals surface area contributed by atoms with Gasteiger partial charge in [-0.15, -0.1) is 4.33 Å². The highest BCUT2D eigenvalue weighted by atomic mass is 32.2. The van der Waals surface area contributed by atoms with Crippen LogP contribution in [0.1, 0.15) is 0 Å². The molecule has 0 radical (unpaired) electrons. The lowest BCUT2D eigenvalue weighted by molar-refractivity contribution is -0.591. The van der Waals surface area contributed by atoms with E-state index in [9.17, 15) is 0 Å². The summed E-state index contributed by atoms with van der Waals surface area (Å²) in [5, 5.41) is 13.9. The molecule has 0 amide bonds. The van der Waals surface area contributed by atoms with Crippen LogP contribution in [0.2, 0.25) is 0 Å². The number of hydrogen-bond donors (Lipinski definition) is 1. The molecule has 0 aliphatic heterocycles. The molecule has 0 atom stereocenters. The highest BCUT2D eigenvalue weighted by Gasteiger charge is 1.75. The molecule has 0 unspecified atom stereocenters. The van der Waals surface area contributed by atoms with Gasteiger partial charge in [-0.25, -0.2) is 5.26 Å². The normalized spacial score (nSPS) is 7.71. The molecule has 0 aliphatic carbocycles. The van der Waals surface area contributed by atoms with Gasteiger partial charge in [0.1, 0.15) is 0 Å². The average molecular weight is 144 g/mol. The van der Waals surface area contributed by atoms with Crippen LogP contribution in [0.4, 0.5) is 0 Å². The topological polar surface area (TPSA) is 47.9 Å². The molecule has 0 spiro atoms. The molecule has 0 saturated heterocycles. The predicted octanol–water partition coefficient (Wildman–Crippen LogP) is 0.615. The molecule has 0 aromatic rings. The Bertz CT molecular complexity index is 21.7. The van der Waals surface area contributed by atoms with Gasteiger partial charge in [0, 0.05) is 18.3 Å². The van der Waals surface area contributed by atoms with Gasteiger partial charge in [0.15, 0.2) is 0 Å². The summed E-state index contributed by atoms with van der Waals surface area (Å²) >= 11 is 0.919. The van der Waals surface area contributed by atoms with Gasteiger partial charge < -0.3 is 13.5 Å². The molecule has 0 rings (SSSR count). The highest BCUT2D eigenvalue weighted by Crippen LogP contribution is 1.92. The van der Waals surface area contributed by atoms with E-state index in [1.165, 1.54) is 0 Å². The van der Waals surface area contributed by atoms with Crippen molar-refractivity contribution >= 4 is 25.5 Å². The first-order chi connectivity index (χ1) is 2.91. The molecule has 0 aromatic heterocycles. The van der Waals surface area contributed by atoms with Crippen molar-refractivity contribution in [3.63, 3.8) is 0 Å². The SMILES string of the molecule is CSOOOO.[S-2]. The van der Waals surface area contributed by atoms with Gasteiger partial charge in [-0.1, -0.05) is 0 Å². The van der Waals surface area contributed by atoms with Crippen LogP contribution >= 0.6 is 12.0 Å².